The normalized spacial score (nSPS) is 21.6. The standard InChI is InChI=1S/C14H26N2O3/c1-6-14(3,4)15-13(18)11-7-12(17)16(8-11)10(2)9-19-5/h10-11H,6-9H2,1-5H3,(H,15,18)/t10-,11+/m0/s1. The van der Waals surface area contributed by atoms with Crippen LogP contribution < -0.4 is 5.32 Å². The van der Waals surface area contributed by atoms with Gasteiger partial charge in [0, 0.05) is 25.6 Å². The van der Waals surface area contributed by atoms with Crippen LogP contribution in [0.1, 0.15) is 40.5 Å². The summed E-state index contributed by atoms with van der Waals surface area (Å²) in [4.78, 5) is 25.8. The monoisotopic (exact) mass is 270 g/mol. The second-order valence-electron chi connectivity index (χ2n) is 5.98. The van der Waals surface area contributed by atoms with E-state index in [0.717, 1.165) is 6.42 Å². The van der Waals surface area contributed by atoms with E-state index >= 15 is 0 Å². The highest BCUT2D eigenvalue weighted by molar-refractivity contribution is 5.89. The van der Waals surface area contributed by atoms with Gasteiger partial charge in [0.25, 0.3) is 0 Å². The Bertz CT molecular complexity index is 342. The second-order valence-corrected chi connectivity index (χ2v) is 5.98. The lowest BCUT2D eigenvalue weighted by atomic mass is 9.99. The first kappa shape index (κ1) is 16.0. The third-order valence-electron chi connectivity index (χ3n) is 3.81. The smallest absolute Gasteiger partial charge is 0.225 e. The fraction of sp³-hybridized carbons (Fsp3) is 0.857. The number of nitrogens with zero attached hydrogens (tertiary/aromatic N) is 1. The van der Waals surface area contributed by atoms with Crippen LogP contribution in [0.3, 0.4) is 0 Å². The maximum atomic E-state index is 12.2. The van der Waals surface area contributed by atoms with E-state index in [1.165, 1.54) is 0 Å². The summed E-state index contributed by atoms with van der Waals surface area (Å²) in [5.41, 5.74) is -0.217. The zero-order chi connectivity index (χ0) is 14.6. The molecule has 1 N–H and O–H groups in total. The van der Waals surface area contributed by atoms with Gasteiger partial charge in [-0.05, 0) is 27.2 Å². The Morgan fingerprint density at radius 1 is 1.58 bits per heavy atom. The zero-order valence-electron chi connectivity index (χ0n) is 12.7. The number of likely N-dealkylation sites (tertiary alicyclic amines) is 1. The largest absolute Gasteiger partial charge is 0.383 e. The van der Waals surface area contributed by atoms with Gasteiger partial charge < -0.3 is 15.0 Å². The van der Waals surface area contributed by atoms with Gasteiger partial charge >= 0.3 is 0 Å². The molecule has 0 aliphatic carbocycles. The van der Waals surface area contributed by atoms with Crippen molar-refractivity contribution in [2.24, 2.45) is 5.92 Å². The van der Waals surface area contributed by atoms with Crippen molar-refractivity contribution in [2.45, 2.75) is 52.1 Å². The Hall–Kier alpha value is -1.10. The lowest BCUT2D eigenvalue weighted by Crippen LogP contribution is -2.46. The Balaban J connectivity index is 2.59. The minimum absolute atomic E-state index is 0.0210. The molecule has 1 aliphatic rings. The van der Waals surface area contributed by atoms with Crippen LogP contribution in [0.5, 0.6) is 0 Å². The molecule has 1 saturated heterocycles. The first-order chi connectivity index (χ1) is 8.80. The highest BCUT2D eigenvalue weighted by Gasteiger charge is 2.37. The van der Waals surface area contributed by atoms with Crippen LogP contribution >= 0.6 is 0 Å². The molecule has 1 aliphatic heterocycles. The Kier molecular flexibility index (Phi) is 5.35. The van der Waals surface area contributed by atoms with Crippen molar-refractivity contribution >= 4 is 11.8 Å². The van der Waals surface area contributed by atoms with Gasteiger partial charge in [-0.3, -0.25) is 9.59 Å². The highest BCUT2D eigenvalue weighted by atomic mass is 16.5. The molecule has 5 heteroatoms. The predicted octanol–water partition coefficient (Wildman–Crippen LogP) is 1.17. The van der Waals surface area contributed by atoms with E-state index in [1.54, 1.807) is 12.0 Å². The van der Waals surface area contributed by atoms with Gasteiger partial charge in [0.15, 0.2) is 0 Å². The third-order valence-corrected chi connectivity index (χ3v) is 3.81. The molecule has 19 heavy (non-hydrogen) atoms. The van der Waals surface area contributed by atoms with Gasteiger partial charge in [-0.25, -0.2) is 0 Å². The first-order valence-electron chi connectivity index (χ1n) is 6.91. The molecule has 5 nitrogen and oxygen atoms in total. The molecular weight excluding hydrogens is 244 g/mol. The van der Waals surface area contributed by atoms with Crippen molar-refractivity contribution in [3.05, 3.63) is 0 Å². The van der Waals surface area contributed by atoms with Crippen LogP contribution in [-0.2, 0) is 14.3 Å². The third kappa shape index (κ3) is 4.20. The lowest BCUT2D eigenvalue weighted by molar-refractivity contribution is -0.131. The zero-order valence-corrected chi connectivity index (χ0v) is 12.7. The maximum Gasteiger partial charge on any atom is 0.225 e. The Morgan fingerprint density at radius 3 is 2.74 bits per heavy atom. The number of rotatable bonds is 6. The fourth-order valence-electron chi connectivity index (χ4n) is 2.19. The van der Waals surface area contributed by atoms with E-state index in [1.807, 2.05) is 27.7 Å². The summed E-state index contributed by atoms with van der Waals surface area (Å²) in [7, 11) is 1.62. The number of hydrogen-bond donors (Lipinski definition) is 1. The number of nitrogens with one attached hydrogen (secondary N) is 1. The Morgan fingerprint density at radius 2 is 2.21 bits per heavy atom. The molecule has 0 radical (unpaired) electrons. The molecule has 0 saturated carbocycles. The summed E-state index contributed by atoms with van der Waals surface area (Å²) >= 11 is 0. The number of methoxy groups -OCH3 is 1. The predicted molar refractivity (Wildman–Crippen MR) is 73.7 cm³/mol. The maximum absolute atomic E-state index is 12.2. The molecule has 0 aromatic heterocycles. The molecule has 0 bridgehead atoms. The van der Waals surface area contributed by atoms with Crippen LogP contribution in [0, 0.1) is 5.92 Å². The summed E-state index contributed by atoms with van der Waals surface area (Å²) in [6.07, 6.45) is 1.17. The van der Waals surface area contributed by atoms with Crippen molar-refractivity contribution in [2.75, 3.05) is 20.3 Å². The van der Waals surface area contributed by atoms with E-state index in [0.29, 0.717) is 19.6 Å². The van der Waals surface area contributed by atoms with Crippen LogP contribution in [0.2, 0.25) is 0 Å². The minimum Gasteiger partial charge on any atom is -0.383 e. The van der Waals surface area contributed by atoms with Crippen molar-refractivity contribution in [3.63, 3.8) is 0 Å². The summed E-state index contributed by atoms with van der Waals surface area (Å²) < 4.78 is 5.06. The van der Waals surface area contributed by atoms with Gasteiger partial charge in [0.1, 0.15) is 0 Å². The average Bonchev–Trinajstić information content (AvgIpc) is 2.71. The molecule has 1 fully saturated rings. The van der Waals surface area contributed by atoms with Gasteiger partial charge in [-0.2, -0.15) is 0 Å². The molecule has 2 atom stereocenters. The molecule has 2 amide bonds. The number of hydrogen-bond acceptors (Lipinski definition) is 3. The van der Waals surface area contributed by atoms with E-state index in [2.05, 4.69) is 5.32 Å². The topological polar surface area (TPSA) is 58.6 Å². The highest BCUT2D eigenvalue weighted by Crippen LogP contribution is 2.21. The molecule has 0 spiro atoms. The van der Waals surface area contributed by atoms with Crippen LogP contribution in [0.25, 0.3) is 0 Å². The molecule has 1 heterocycles. The van der Waals surface area contributed by atoms with E-state index in [4.69, 9.17) is 4.74 Å². The van der Waals surface area contributed by atoms with Crippen molar-refractivity contribution in [1.82, 2.24) is 10.2 Å². The van der Waals surface area contributed by atoms with E-state index in [9.17, 15) is 9.59 Å². The Labute approximate surface area is 115 Å². The van der Waals surface area contributed by atoms with Gasteiger partial charge in [0.2, 0.25) is 11.8 Å². The van der Waals surface area contributed by atoms with Crippen LogP contribution in [-0.4, -0.2) is 48.6 Å². The second kappa shape index (κ2) is 6.37. The number of carbonyl (C=O) groups is 2. The molecule has 1 rings (SSSR count). The number of amides is 2. The quantitative estimate of drug-likeness (QED) is 0.788. The van der Waals surface area contributed by atoms with E-state index in [-0.39, 0.29) is 29.3 Å². The summed E-state index contributed by atoms with van der Waals surface area (Å²) in [5.74, 6) is -0.219. The average molecular weight is 270 g/mol. The fourth-order valence-corrected chi connectivity index (χ4v) is 2.19. The molecule has 110 valence electrons. The summed E-state index contributed by atoms with van der Waals surface area (Å²) in [6.45, 7) is 8.96. The summed E-state index contributed by atoms with van der Waals surface area (Å²) in [5, 5.41) is 3.01. The van der Waals surface area contributed by atoms with Crippen molar-refractivity contribution in [1.29, 1.82) is 0 Å². The lowest BCUT2D eigenvalue weighted by Gasteiger charge is -2.27. The molecule has 0 unspecified atom stereocenters. The molecule has 0 aromatic carbocycles. The van der Waals surface area contributed by atoms with Crippen molar-refractivity contribution < 1.29 is 14.3 Å². The summed E-state index contributed by atoms with van der Waals surface area (Å²) in [6, 6.07) is 0.0227. The first-order valence-corrected chi connectivity index (χ1v) is 6.91. The molecule has 0 aromatic rings. The van der Waals surface area contributed by atoms with Crippen LogP contribution in [0.15, 0.2) is 0 Å². The minimum atomic E-state index is -0.238. The number of ether oxygens (including phenoxy) is 1. The SMILES string of the molecule is CCC(C)(C)NC(=O)[C@@H]1CC(=O)N([C@@H](C)COC)C1. The van der Waals surface area contributed by atoms with Crippen molar-refractivity contribution in [3.8, 4) is 0 Å². The van der Waals surface area contributed by atoms with Crippen LogP contribution in [0.4, 0.5) is 0 Å². The van der Waals surface area contributed by atoms with Gasteiger partial charge in [-0.15, -0.1) is 0 Å². The van der Waals surface area contributed by atoms with Gasteiger partial charge in [0.05, 0.1) is 18.6 Å². The van der Waals surface area contributed by atoms with E-state index < -0.39 is 0 Å². The molecular formula is C14H26N2O3. The number of carbonyl (C=O) groups excluding carboxylic acids is 2. The van der Waals surface area contributed by atoms with Gasteiger partial charge in [-0.1, -0.05) is 6.92 Å².